The molecule has 0 bridgehead atoms. The summed E-state index contributed by atoms with van der Waals surface area (Å²) in [5.41, 5.74) is 1.78. The van der Waals surface area contributed by atoms with Crippen molar-refractivity contribution in [2.45, 2.75) is 38.1 Å². The van der Waals surface area contributed by atoms with Crippen molar-refractivity contribution in [3.63, 3.8) is 0 Å². The SMILES string of the molecule is COC1(/C=C/COCc2ccc3c(ccc(=O)n3C)c2)CCOC(C)C1. The number of pyridine rings is 1. The first-order valence-corrected chi connectivity index (χ1v) is 9.04. The van der Waals surface area contributed by atoms with Gasteiger partial charge in [-0.3, -0.25) is 4.79 Å². The van der Waals surface area contributed by atoms with Crippen LogP contribution in [0.3, 0.4) is 0 Å². The topological polar surface area (TPSA) is 49.7 Å². The Balaban J connectivity index is 1.57. The molecular weight excluding hydrogens is 330 g/mol. The summed E-state index contributed by atoms with van der Waals surface area (Å²) in [7, 11) is 3.54. The Morgan fingerprint density at radius 2 is 2.19 bits per heavy atom. The Morgan fingerprint density at radius 3 is 2.96 bits per heavy atom. The summed E-state index contributed by atoms with van der Waals surface area (Å²) in [5.74, 6) is 0. The Labute approximate surface area is 154 Å². The molecule has 1 aromatic carbocycles. The Kier molecular flexibility index (Phi) is 5.91. The van der Waals surface area contributed by atoms with Gasteiger partial charge in [-0.1, -0.05) is 18.2 Å². The Hall–Kier alpha value is -1.95. The highest BCUT2D eigenvalue weighted by atomic mass is 16.5. The molecule has 1 aromatic heterocycles. The molecule has 1 fully saturated rings. The summed E-state index contributed by atoms with van der Waals surface area (Å²) in [6.07, 6.45) is 6.09. The van der Waals surface area contributed by atoms with Crippen molar-refractivity contribution in [2.75, 3.05) is 20.3 Å². The van der Waals surface area contributed by atoms with E-state index in [9.17, 15) is 4.79 Å². The zero-order valence-electron chi connectivity index (χ0n) is 15.7. The molecule has 2 heterocycles. The van der Waals surface area contributed by atoms with Gasteiger partial charge in [0.1, 0.15) is 0 Å². The number of fused-ring (bicyclic) bond motifs is 1. The van der Waals surface area contributed by atoms with E-state index >= 15 is 0 Å². The zero-order valence-corrected chi connectivity index (χ0v) is 15.7. The summed E-state index contributed by atoms with van der Waals surface area (Å²) in [6, 6.07) is 9.48. The van der Waals surface area contributed by atoms with Gasteiger partial charge in [0, 0.05) is 39.7 Å². The third-order valence-corrected chi connectivity index (χ3v) is 5.06. The van der Waals surface area contributed by atoms with Crippen molar-refractivity contribution in [1.82, 2.24) is 4.57 Å². The average molecular weight is 357 g/mol. The van der Waals surface area contributed by atoms with E-state index in [0.717, 1.165) is 35.9 Å². The van der Waals surface area contributed by atoms with E-state index in [2.05, 4.69) is 19.1 Å². The summed E-state index contributed by atoms with van der Waals surface area (Å²) >= 11 is 0. The van der Waals surface area contributed by atoms with Gasteiger partial charge in [-0.2, -0.15) is 0 Å². The summed E-state index contributed by atoms with van der Waals surface area (Å²) in [5, 5.41) is 1.04. The standard InChI is InChI=1S/C21H27NO4/c1-16-14-21(24-3,10-12-26-16)9-4-11-25-15-17-5-7-19-18(13-17)6-8-20(23)22(19)2/h4-9,13,16H,10-12,14-15H2,1-3H3/b9-4+. The van der Waals surface area contributed by atoms with Crippen LogP contribution in [0.25, 0.3) is 10.9 Å². The minimum Gasteiger partial charge on any atom is -0.378 e. The predicted molar refractivity (Wildman–Crippen MR) is 102 cm³/mol. The maximum atomic E-state index is 11.7. The number of hydrogen-bond donors (Lipinski definition) is 0. The van der Waals surface area contributed by atoms with Gasteiger partial charge in [0.25, 0.3) is 5.56 Å². The number of methoxy groups -OCH3 is 1. The molecule has 3 rings (SSSR count). The number of rotatable bonds is 6. The van der Waals surface area contributed by atoms with Crippen molar-refractivity contribution in [1.29, 1.82) is 0 Å². The summed E-state index contributed by atoms with van der Waals surface area (Å²) in [6.45, 7) is 3.86. The second-order valence-electron chi connectivity index (χ2n) is 6.95. The average Bonchev–Trinajstić information content (AvgIpc) is 2.64. The molecule has 1 aliphatic heterocycles. The molecule has 0 saturated carbocycles. The highest BCUT2D eigenvalue weighted by molar-refractivity contribution is 5.79. The third-order valence-electron chi connectivity index (χ3n) is 5.06. The molecule has 2 atom stereocenters. The van der Waals surface area contributed by atoms with Crippen LogP contribution < -0.4 is 5.56 Å². The lowest BCUT2D eigenvalue weighted by Gasteiger charge is -2.36. The fraction of sp³-hybridized carbons (Fsp3) is 0.476. The Morgan fingerprint density at radius 1 is 1.35 bits per heavy atom. The second-order valence-corrected chi connectivity index (χ2v) is 6.95. The van der Waals surface area contributed by atoms with E-state index in [-0.39, 0.29) is 17.3 Å². The molecule has 1 aliphatic rings. The predicted octanol–water partition coefficient (Wildman–Crippen LogP) is 3.20. The van der Waals surface area contributed by atoms with Gasteiger partial charge >= 0.3 is 0 Å². The van der Waals surface area contributed by atoms with E-state index in [1.807, 2.05) is 24.3 Å². The van der Waals surface area contributed by atoms with Crippen molar-refractivity contribution in [2.24, 2.45) is 7.05 Å². The van der Waals surface area contributed by atoms with Crippen molar-refractivity contribution >= 4 is 10.9 Å². The highest BCUT2D eigenvalue weighted by Crippen LogP contribution is 2.29. The van der Waals surface area contributed by atoms with Crippen LogP contribution in [0.4, 0.5) is 0 Å². The molecule has 1 saturated heterocycles. The van der Waals surface area contributed by atoms with Crippen LogP contribution in [0.5, 0.6) is 0 Å². The number of benzene rings is 1. The fourth-order valence-corrected chi connectivity index (χ4v) is 3.52. The molecule has 2 aromatic rings. The van der Waals surface area contributed by atoms with E-state index in [1.165, 1.54) is 0 Å². The van der Waals surface area contributed by atoms with Crippen LogP contribution in [0.15, 0.2) is 47.3 Å². The van der Waals surface area contributed by atoms with Crippen molar-refractivity contribution in [3.05, 3.63) is 58.4 Å². The highest BCUT2D eigenvalue weighted by Gasteiger charge is 2.32. The first-order chi connectivity index (χ1) is 12.5. The lowest BCUT2D eigenvalue weighted by atomic mass is 9.90. The largest absolute Gasteiger partial charge is 0.378 e. The second kappa shape index (κ2) is 8.16. The zero-order chi connectivity index (χ0) is 18.6. The van der Waals surface area contributed by atoms with Gasteiger partial charge < -0.3 is 18.8 Å². The molecule has 140 valence electrons. The minimum absolute atomic E-state index is 0.00106. The molecule has 0 amide bonds. The fourth-order valence-electron chi connectivity index (χ4n) is 3.52. The number of aryl methyl sites for hydroxylation is 1. The van der Waals surface area contributed by atoms with Gasteiger partial charge in [0.15, 0.2) is 0 Å². The monoisotopic (exact) mass is 357 g/mol. The van der Waals surface area contributed by atoms with Crippen LogP contribution in [0, 0.1) is 0 Å². The molecule has 0 radical (unpaired) electrons. The quantitative estimate of drug-likeness (QED) is 0.588. The van der Waals surface area contributed by atoms with Gasteiger partial charge in [0.2, 0.25) is 0 Å². The van der Waals surface area contributed by atoms with E-state index in [0.29, 0.717) is 13.2 Å². The van der Waals surface area contributed by atoms with Crippen LogP contribution in [0.2, 0.25) is 0 Å². The molecule has 5 nitrogen and oxygen atoms in total. The molecule has 5 heteroatoms. The van der Waals surface area contributed by atoms with Crippen LogP contribution in [-0.4, -0.2) is 36.6 Å². The first kappa shape index (κ1) is 18.8. The number of hydrogen-bond acceptors (Lipinski definition) is 4. The van der Waals surface area contributed by atoms with Gasteiger partial charge in [-0.25, -0.2) is 0 Å². The molecule has 0 aliphatic carbocycles. The van der Waals surface area contributed by atoms with E-state index in [4.69, 9.17) is 14.2 Å². The van der Waals surface area contributed by atoms with E-state index in [1.54, 1.807) is 24.8 Å². The first-order valence-electron chi connectivity index (χ1n) is 9.04. The maximum Gasteiger partial charge on any atom is 0.250 e. The van der Waals surface area contributed by atoms with Crippen LogP contribution >= 0.6 is 0 Å². The summed E-state index contributed by atoms with van der Waals surface area (Å²) < 4.78 is 18.8. The molecule has 0 N–H and O–H groups in total. The van der Waals surface area contributed by atoms with E-state index < -0.39 is 0 Å². The third kappa shape index (κ3) is 4.23. The van der Waals surface area contributed by atoms with Gasteiger partial charge in [-0.15, -0.1) is 0 Å². The smallest absolute Gasteiger partial charge is 0.250 e. The molecule has 26 heavy (non-hydrogen) atoms. The maximum absolute atomic E-state index is 11.7. The summed E-state index contributed by atoms with van der Waals surface area (Å²) in [4.78, 5) is 11.7. The van der Waals surface area contributed by atoms with Gasteiger partial charge in [0.05, 0.1) is 30.4 Å². The molecule has 0 spiro atoms. The van der Waals surface area contributed by atoms with Gasteiger partial charge in [-0.05, 0) is 36.1 Å². The van der Waals surface area contributed by atoms with Crippen LogP contribution in [-0.2, 0) is 27.9 Å². The van der Waals surface area contributed by atoms with Crippen molar-refractivity contribution in [3.8, 4) is 0 Å². The Bertz CT molecular complexity index is 842. The lowest BCUT2D eigenvalue weighted by molar-refractivity contribution is -0.0910. The minimum atomic E-state index is -0.241. The number of ether oxygens (including phenoxy) is 3. The van der Waals surface area contributed by atoms with Crippen molar-refractivity contribution < 1.29 is 14.2 Å². The normalized spacial score (nSPS) is 23.7. The number of aromatic nitrogens is 1. The number of nitrogens with zero attached hydrogens (tertiary/aromatic N) is 1. The van der Waals surface area contributed by atoms with Crippen LogP contribution in [0.1, 0.15) is 25.3 Å². The molecular formula is C21H27NO4. The molecule has 2 unspecified atom stereocenters. The lowest BCUT2D eigenvalue weighted by Crippen LogP contribution is -2.39.